The standard InChI is InChI=1S/C25H29FN4O/c1-15(2)21-11-18(12-24-29-22-8-9-27-14-23(22)30-24)16(3)10-19(21)13-28-25(31)17-4-6-20(26)7-5-17/h4-10,14-15,18-19,21H,11-13H2,1-3H3,(H,28,31)(H,29,30)/t18-,19-,21-/m0/s1. The number of amides is 1. The third kappa shape index (κ3) is 4.84. The number of pyridine rings is 1. The lowest BCUT2D eigenvalue weighted by Gasteiger charge is -2.37. The second-order valence-corrected chi connectivity index (χ2v) is 8.91. The molecule has 0 aliphatic heterocycles. The number of carbonyl (C=O) groups is 1. The van der Waals surface area contributed by atoms with E-state index in [0.29, 0.717) is 29.9 Å². The minimum atomic E-state index is -0.339. The smallest absolute Gasteiger partial charge is 0.251 e. The van der Waals surface area contributed by atoms with Crippen LogP contribution in [0.4, 0.5) is 4.39 Å². The predicted molar refractivity (Wildman–Crippen MR) is 120 cm³/mol. The molecule has 1 amide bonds. The van der Waals surface area contributed by atoms with E-state index in [1.165, 1.54) is 29.8 Å². The molecular formula is C25H29FN4O. The number of carbonyl (C=O) groups excluding carboxylic acids is 1. The largest absolute Gasteiger partial charge is 0.351 e. The lowest BCUT2D eigenvalue weighted by atomic mass is 9.69. The Morgan fingerprint density at radius 1 is 1.26 bits per heavy atom. The Kier molecular flexibility index (Phi) is 6.16. The van der Waals surface area contributed by atoms with Crippen molar-refractivity contribution in [2.45, 2.75) is 33.6 Å². The molecule has 2 heterocycles. The van der Waals surface area contributed by atoms with Gasteiger partial charge in [0.2, 0.25) is 0 Å². The van der Waals surface area contributed by atoms with Gasteiger partial charge in [0, 0.05) is 24.7 Å². The summed E-state index contributed by atoms with van der Waals surface area (Å²) in [6.07, 6.45) is 7.83. The van der Waals surface area contributed by atoms with E-state index in [4.69, 9.17) is 4.98 Å². The number of halogens is 1. The van der Waals surface area contributed by atoms with Crippen LogP contribution in [-0.2, 0) is 6.42 Å². The summed E-state index contributed by atoms with van der Waals surface area (Å²) >= 11 is 0. The zero-order valence-corrected chi connectivity index (χ0v) is 18.2. The second-order valence-electron chi connectivity index (χ2n) is 8.91. The molecule has 162 valence electrons. The van der Waals surface area contributed by atoms with E-state index >= 15 is 0 Å². The highest BCUT2D eigenvalue weighted by atomic mass is 19.1. The molecule has 0 spiro atoms. The van der Waals surface area contributed by atoms with E-state index in [1.54, 1.807) is 6.20 Å². The van der Waals surface area contributed by atoms with Gasteiger partial charge in [-0.15, -0.1) is 0 Å². The Hall–Kier alpha value is -3.02. The number of aromatic nitrogens is 3. The van der Waals surface area contributed by atoms with Gasteiger partial charge in [-0.05, 0) is 67.3 Å². The number of H-pyrrole nitrogens is 1. The van der Waals surface area contributed by atoms with E-state index in [0.717, 1.165) is 29.7 Å². The summed E-state index contributed by atoms with van der Waals surface area (Å²) in [7, 11) is 0. The van der Waals surface area contributed by atoms with Gasteiger partial charge in [0.25, 0.3) is 5.91 Å². The summed E-state index contributed by atoms with van der Waals surface area (Å²) in [5, 5.41) is 3.04. The molecule has 31 heavy (non-hydrogen) atoms. The number of nitrogens with zero attached hydrogens (tertiary/aromatic N) is 2. The molecule has 0 fully saturated rings. The molecule has 0 radical (unpaired) electrons. The van der Waals surface area contributed by atoms with E-state index < -0.39 is 0 Å². The quantitative estimate of drug-likeness (QED) is 0.556. The molecular weight excluding hydrogens is 391 g/mol. The Morgan fingerprint density at radius 2 is 2.03 bits per heavy atom. The number of rotatable bonds is 6. The lowest BCUT2D eigenvalue weighted by molar-refractivity contribution is 0.0939. The lowest BCUT2D eigenvalue weighted by Crippen LogP contribution is -2.37. The first kappa shape index (κ1) is 21.2. The maximum absolute atomic E-state index is 13.1. The molecule has 0 saturated carbocycles. The van der Waals surface area contributed by atoms with E-state index in [2.05, 4.69) is 42.1 Å². The van der Waals surface area contributed by atoms with Gasteiger partial charge in [0.05, 0.1) is 17.2 Å². The van der Waals surface area contributed by atoms with Gasteiger partial charge in [-0.2, -0.15) is 0 Å². The van der Waals surface area contributed by atoms with Gasteiger partial charge in [0.15, 0.2) is 0 Å². The molecule has 1 aliphatic carbocycles. The van der Waals surface area contributed by atoms with Gasteiger partial charge in [-0.3, -0.25) is 9.78 Å². The van der Waals surface area contributed by atoms with Crippen molar-refractivity contribution in [1.29, 1.82) is 0 Å². The fourth-order valence-electron chi connectivity index (χ4n) is 4.66. The van der Waals surface area contributed by atoms with Crippen LogP contribution in [0.3, 0.4) is 0 Å². The number of aromatic amines is 1. The maximum Gasteiger partial charge on any atom is 0.251 e. The van der Waals surface area contributed by atoms with Crippen molar-refractivity contribution >= 4 is 16.9 Å². The first-order valence-electron chi connectivity index (χ1n) is 10.9. The van der Waals surface area contributed by atoms with E-state index in [1.807, 2.05) is 12.3 Å². The van der Waals surface area contributed by atoms with Crippen LogP contribution in [0, 0.1) is 29.5 Å². The molecule has 3 atom stereocenters. The summed E-state index contributed by atoms with van der Waals surface area (Å²) in [6.45, 7) is 7.26. The van der Waals surface area contributed by atoms with Gasteiger partial charge in [-0.1, -0.05) is 25.5 Å². The van der Waals surface area contributed by atoms with E-state index in [9.17, 15) is 9.18 Å². The topological polar surface area (TPSA) is 70.7 Å². The molecule has 1 aromatic carbocycles. The molecule has 2 aromatic heterocycles. The second kappa shape index (κ2) is 9.00. The fraction of sp³-hybridized carbons (Fsp3) is 0.400. The van der Waals surface area contributed by atoms with E-state index in [-0.39, 0.29) is 17.6 Å². The molecule has 4 rings (SSSR count). The normalized spacial score (nSPS) is 21.3. The van der Waals surface area contributed by atoms with Crippen LogP contribution in [0.2, 0.25) is 0 Å². The Balaban J connectivity index is 1.45. The Bertz CT molecular complexity index is 1050. The highest BCUT2D eigenvalue weighted by Gasteiger charge is 2.32. The van der Waals surface area contributed by atoms with Crippen LogP contribution in [-0.4, -0.2) is 27.4 Å². The minimum absolute atomic E-state index is 0.161. The zero-order chi connectivity index (χ0) is 22.0. The SMILES string of the molecule is CC1=C[C@@H](CNC(=O)c2ccc(F)cc2)[C@H](C(C)C)C[C@H]1Cc1nc2ccncc2[nH]1. The third-order valence-corrected chi connectivity index (χ3v) is 6.46. The van der Waals surface area contributed by atoms with Crippen molar-refractivity contribution in [3.63, 3.8) is 0 Å². The average molecular weight is 421 g/mol. The summed E-state index contributed by atoms with van der Waals surface area (Å²) in [5.74, 6) is 2.16. The van der Waals surface area contributed by atoms with Crippen LogP contribution in [0.15, 0.2) is 54.4 Å². The van der Waals surface area contributed by atoms with Crippen LogP contribution < -0.4 is 5.32 Å². The van der Waals surface area contributed by atoms with Crippen LogP contribution in [0.1, 0.15) is 43.4 Å². The molecule has 2 N–H and O–H groups in total. The number of allylic oxidation sites excluding steroid dienone is 1. The molecule has 6 heteroatoms. The van der Waals surface area contributed by atoms with Crippen molar-refractivity contribution < 1.29 is 9.18 Å². The highest BCUT2D eigenvalue weighted by molar-refractivity contribution is 5.94. The van der Waals surface area contributed by atoms with Crippen molar-refractivity contribution in [1.82, 2.24) is 20.3 Å². The monoisotopic (exact) mass is 420 g/mol. The average Bonchev–Trinajstić information content (AvgIpc) is 3.16. The maximum atomic E-state index is 13.1. The van der Waals surface area contributed by atoms with Gasteiger partial charge in [-0.25, -0.2) is 9.37 Å². The van der Waals surface area contributed by atoms with Crippen molar-refractivity contribution in [2.24, 2.45) is 23.7 Å². The van der Waals surface area contributed by atoms with Crippen LogP contribution in [0.5, 0.6) is 0 Å². The first-order chi connectivity index (χ1) is 14.9. The zero-order valence-electron chi connectivity index (χ0n) is 18.2. The molecule has 0 unspecified atom stereocenters. The number of nitrogens with one attached hydrogen (secondary N) is 2. The molecule has 3 aromatic rings. The van der Waals surface area contributed by atoms with Gasteiger partial charge in [0.1, 0.15) is 11.6 Å². The predicted octanol–water partition coefficient (Wildman–Crippen LogP) is 4.92. The Labute approximate surface area is 182 Å². The number of benzene rings is 1. The van der Waals surface area contributed by atoms with Crippen LogP contribution in [0.25, 0.3) is 11.0 Å². The minimum Gasteiger partial charge on any atom is -0.351 e. The summed E-state index contributed by atoms with van der Waals surface area (Å²) < 4.78 is 13.1. The third-order valence-electron chi connectivity index (χ3n) is 6.46. The summed E-state index contributed by atoms with van der Waals surface area (Å²) in [6, 6.07) is 7.59. The van der Waals surface area contributed by atoms with Crippen molar-refractivity contribution in [3.8, 4) is 0 Å². The first-order valence-corrected chi connectivity index (χ1v) is 10.9. The Morgan fingerprint density at radius 3 is 2.74 bits per heavy atom. The summed E-state index contributed by atoms with van der Waals surface area (Å²) in [5.41, 5.74) is 3.74. The number of fused-ring (bicyclic) bond motifs is 1. The molecule has 1 aliphatic rings. The van der Waals surface area contributed by atoms with Crippen molar-refractivity contribution in [2.75, 3.05) is 6.54 Å². The number of hydrogen-bond donors (Lipinski definition) is 2. The fourth-order valence-corrected chi connectivity index (χ4v) is 4.66. The van der Waals surface area contributed by atoms with Gasteiger partial charge >= 0.3 is 0 Å². The molecule has 5 nitrogen and oxygen atoms in total. The number of hydrogen-bond acceptors (Lipinski definition) is 3. The highest BCUT2D eigenvalue weighted by Crippen LogP contribution is 2.38. The van der Waals surface area contributed by atoms with Crippen molar-refractivity contribution in [3.05, 3.63) is 71.6 Å². The summed E-state index contributed by atoms with van der Waals surface area (Å²) in [4.78, 5) is 24.8. The molecule has 0 bridgehead atoms. The number of imidazole rings is 1. The molecule has 0 saturated heterocycles. The van der Waals surface area contributed by atoms with Gasteiger partial charge < -0.3 is 10.3 Å². The van der Waals surface area contributed by atoms with Crippen LogP contribution >= 0.6 is 0 Å².